The maximum absolute atomic E-state index is 11.7. The summed E-state index contributed by atoms with van der Waals surface area (Å²) >= 11 is 0.882. The Hall–Kier alpha value is -1.23. The number of hydrogen-bond acceptors (Lipinski definition) is 5. The van der Waals surface area contributed by atoms with Crippen LogP contribution in [0.5, 0.6) is 5.88 Å². The highest BCUT2D eigenvalue weighted by atomic mass is 32.1. The van der Waals surface area contributed by atoms with Crippen molar-refractivity contribution in [1.29, 1.82) is 0 Å². The van der Waals surface area contributed by atoms with Crippen LogP contribution in [0.2, 0.25) is 0 Å². The number of rotatable bonds is 3. The number of hydrogen-bond donors (Lipinski definition) is 1. The zero-order chi connectivity index (χ0) is 11.6. The fourth-order valence-electron chi connectivity index (χ4n) is 1.15. The highest BCUT2D eigenvalue weighted by molar-refractivity contribution is 7.09. The van der Waals surface area contributed by atoms with Gasteiger partial charge in [-0.2, -0.15) is 0 Å². The number of carbonyl (C=O) groups excluding carboxylic acids is 1. The summed E-state index contributed by atoms with van der Waals surface area (Å²) < 4.78 is -0.412. The number of Topliss-reactive ketones (excluding diaryl/α,β-unsaturated/α-hetero) is 1. The van der Waals surface area contributed by atoms with Gasteiger partial charge in [0.15, 0.2) is 5.78 Å². The van der Waals surface area contributed by atoms with Crippen LogP contribution >= 0.6 is 11.3 Å². The van der Waals surface area contributed by atoms with E-state index in [1.54, 1.807) is 13.8 Å². The molecule has 0 saturated heterocycles. The number of ketones is 1. The lowest BCUT2D eigenvalue weighted by atomic mass is 9.99. The second-order valence-corrected chi connectivity index (χ2v) is 4.56. The average Bonchev–Trinajstić information content (AvgIpc) is 2.14. The van der Waals surface area contributed by atoms with Crippen LogP contribution in [0.25, 0.3) is 0 Å². The predicted molar refractivity (Wildman–Crippen MR) is 58.6 cm³/mol. The Morgan fingerprint density at radius 3 is 2.67 bits per heavy atom. The Balaban J connectivity index is 3.26. The summed E-state index contributed by atoms with van der Waals surface area (Å²) in [6.07, 6.45) is 0.635. The van der Waals surface area contributed by atoms with Gasteiger partial charge in [-0.3, -0.25) is 9.59 Å². The van der Waals surface area contributed by atoms with Crippen LogP contribution in [0.3, 0.4) is 0 Å². The number of aryl methyl sites for hydroxylation is 1. The van der Waals surface area contributed by atoms with Gasteiger partial charge in [0.1, 0.15) is 5.56 Å². The van der Waals surface area contributed by atoms with Gasteiger partial charge in [0.05, 0.1) is 5.01 Å². The molecule has 0 radical (unpaired) electrons. The quantitative estimate of drug-likeness (QED) is 0.799. The van der Waals surface area contributed by atoms with Gasteiger partial charge in [-0.1, -0.05) is 25.2 Å². The highest BCUT2D eigenvalue weighted by Gasteiger charge is 2.22. The van der Waals surface area contributed by atoms with Crippen LogP contribution in [-0.2, 0) is 0 Å². The standard InChI is InChI=1S/C10H13NO3S/c1-4-5(2)8(12)7-9(13)11-6(3)15-10(7)14/h5,13H,4H2,1-3H3. The Labute approximate surface area is 91.6 Å². The Bertz CT molecular complexity index is 439. The first-order chi connectivity index (χ1) is 6.97. The lowest BCUT2D eigenvalue weighted by Gasteiger charge is -2.07. The van der Waals surface area contributed by atoms with Crippen molar-refractivity contribution in [3.05, 3.63) is 20.1 Å². The van der Waals surface area contributed by atoms with E-state index < -0.39 is 10.6 Å². The number of aromatic hydroxyl groups is 1. The van der Waals surface area contributed by atoms with Crippen LogP contribution in [0.1, 0.15) is 35.6 Å². The van der Waals surface area contributed by atoms with E-state index in [-0.39, 0.29) is 17.3 Å². The van der Waals surface area contributed by atoms with Crippen molar-refractivity contribution in [3.8, 4) is 5.88 Å². The van der Waals surface area contributed by atoms with Crippen molar-refractivity contribution in [2.75, 3.05) is 0 Å². The van der Waals surface area contributed by atoms with E-state index in [0.29, 0.717) is 11.4 Å². The summed E-state index contributed by atoms with van der Waals surface area (Å²) in [7, 11) is 0. The van der Waals surface area contributed by atoms with E-state index in [1.807, 2.05) is 6.92 Å². The average molecular weight is 227 g/mol. The molecule has 1 rings (SSSR count). The number of nitrogens with zero attached hydrogens (tertiary/aromatic N) is 1. The highest BCUT2D eigenvalue weighted by Crippen LogP contribution is 2.17. The number of aromatic nitrogens is 1. The SMILES string of the molecule is CCC(C)C(=O)c1c(O)nc(C)sc1=O. The molecule has 0 aliphatic heterocycles. The summed E-state index contributed by atoms with van der Waals surface area (Å²) in [6, 6.07) is 0. The largest absolute Gasteiger partial charge is 0.493 e. The molecular weight excluding hydrogens is 214 g/mol. The Morgan fingerprint density at radius 2 is 2.20 bits per heavy atom. The zero-order valence-electron chi connectivity index (χ0n) is 8.90. The minimum atomic E-state index is -0.443. The van der Waals surface area contributed by atoms with Crippen molar-refractivity contribution in [1.82, 2.24) is 4.98 Å². The third kappa shape index (κ3) is 2.41. The fraction of sp³-hybridized carbons (Fsp3) is 0.500. The van der Waals surface area contributed by atoms with Gasteiger partial charge in [0, 0.05) is 5.92 Å². The van der Waals surface area contributed by atoms with E-state index in [2.05, 4.69) is 4.98 Å². The summed E-state index contributed by atoms with van der Waals surface area (Å²) in [5.41, 5.74) is -0.167. The molecule has 0 fully saturated rings. The third-order valence-electron chi connectivity index (χ3n) is 2.24. The van der Waals surface area contributed by atoms with Gasteiger partial charge in [-0.15, -0.1) is 0 Å². The van der Waals surface area contributed by atoms with Crippen LogP contribution in [0.15, 0.2) is 4.79 Å². The molecule has 0 bridgehead atoms. The van der Waals surface area contributed by atoms with Gasteiger partial charge in [-0.05, 0) is 13.3 Å². The molecule has 4 nitrogen and oxygen atoms in total. The Kier molecular flexibility index (Phi) is 3.57. The van der Waals surface area contributed by atoms with Crippen molar-refractivity contribution >= 4 is 17.1 Å². The molecule has 1 aromatic heterocycles. The molecule has 0 aliphatic rings. The Morgan fingerprint density at radius 1 is 1.60 bits per heavy atom. The molecule has 5 heteroatoms. The summed E-state index contributed by atoms with van der Waals surface area (Å²) in [5.74, 6) is -1.04. The first-order valence-corrected chi connectivity index (χ1v) is 5.54. The topological polar surface area (TPSA) is 67.3 Å². The molecule has 82 valence electrons. The zero-order valence-corrected chi connectivity index (χ0v) is 9.72. The van der Waals surface area contributed by atoms with Gasteiger partial charge in [0.2, 0.25) is 10.6 Å². The molecular formula is C10H13NO3S. The molecule has 0 spiro atoms. The van der Waals surface area contributed by atoms with Crippen molar-refractivity contribution in [2.45, 2.75) is 27.2 Å². The number of carbonyl (C=O) groups is 1. The lowest BCUT2D eigenvalue weighted by Crippen LogP contribution is -2.19. The van der Waals surface area contributed by atoms with Crippen LogP contribution in [0.4, 0.5) is 0 Å². The van der Waals surface area contributed by atoms with E-state index in [4.69, 9.17) is 0 Å². The maximum Gasteiger partial charge on any atom is 0.250 e. The first-order valence-electron chi connectivity index (χ1n) is 4.72. The molecule has 1 aromatic rings. The van der Waals surface area contributed by atoms with Crippen molar-refractivity contribution in [3.63, 3.8) is 0 Å². The van der Waals surface area contributed by atoms with E-state index in [1.165, 1.54) is 0 Å². The minimum Gasteiger partial charge on any atom is -0.493 e. The van der Waals surface area contributed by atoms with E-state index in [9.17, 15) is 14.7 Å². The van der Waals surface area contributed by atoms with Crippen molar-refractivity contribution < 1.29 is 9.90 Å². The second-order valence-electron chi connectivity index (χ2n) is 3.39. The van der Waals surface area contributed by atoms with Gasteiger partial charge in [0.25, 0.3) is 0 Å². The van der Waals surface area contributed by atoms with Gasteiger partial charge in [-0.25, -0.2) is 4.98 Å². The normalized spacial score (nSPS) is 12.5. The molecule has 1 unspecified atom stereocenters. The molecule has 0 aromatic carbocycles. The lowest BCUT2D eigenvalue weighted by molar-refractivity contribution is 0.0923. The molecule has 0 aliphatic carbocycles. The summed E-state index contributed by atoms with van der Waals surface area (Å²) in [4.78, 5) is 27.0. The van der Waals surface area contributed by atoms with Crippen molar-refractivity contribution in [2.24, 2.45) is 5.92 Å². The third-order valence-corrected chi connectivity index (χ3v) is 3.01. The summed E-state index contributed by atoms with van der Waals surface area (Å²) in [5, 5.41) is 9.92. The molecule has 0 saturated carbocycles. The molecule has 1 atom stereocenters. The maximum atomic E-state index is 11.7. The van der Waals surface area contributed by atoms with Crippen LogP contribution in [0, 0.1) is 12.8 Å². The fourth-order valence-corrected chi connectivity index (χ4v) is 1.84. The second kappa shape index (κ2) is 4.53. The van der Waals surface area contributed by atoms with Gasteiger partial charge >= 0.3 is 0 Å². The van der Waals surface area contributed by atoms with Crippen LogP contribution < -0.4 is 4.74 Å². The minimum absolute atomic E-state index is 0.167. The van der Waals surface area contributed by atoms with Crippen LogP contribution in [-0.4, -0.2) is 15.9 Å². The van der Waals surface area contributed by atoms with E-state index in [0.717, 1.165) is 11.3 Å². The predicted octanol–water partition coefficient (Wildman–Crippen LogP) is 1.75. The molecule has 15 heavy (non-hydrogen) atoms. The molecule has 0 amide bonds. The van der Waals surface area contributed by atoms with Gasteiger partial charge < -0.3 is 5.11 Å². The van der Waals surface area contributed by atoms with E-state index >= 15 is 0 Å². The molecule has 1 N–H and O–H groups in total. The smallest absolute Gasteiger partial charge is 0.250 e. The first kappa shape index (κ1) is 11.8. The molecule has 1 heterocycles. The summed E-state index contributed by atoms with van der Waals surface area (Å²) in [6.45, 7) is 5.20. The monoisotopic (exact) mass is 227 g/mol.